The largest absolute Gasteiger partial charge is 0.455 e. The molecule has 1 heterocycles. The summed E-state index contributed by atoms with van der Waals surface area (Å²) >= 11 is 0. The van der Waals surface area contributed by atoms with Gasteiger partial charge in [0.15, 0.2) is 5.75 Å². The highest BCUT2D eigenvalue weighted by molar-refractivity contribution is 7.92. The number of sulfonamides is 1. The van der Waals surface area contributed by atoms with Crippen molar-refractivity contribution in [2.24, 2.45) is 5.92 Å². The number of hydrogen-bond donors (Lipinski definition) is 4. The molecular formula is C27H29FN4O5S. The average molecular weight is 541 g/mol. The Morgan fingerprint density at radius 3 is 2.37 bits per heavy atom. The van der Waals surface area contributed by atoms with Crippen LogP contribution in [0.3, 0.4) is 0 Å². The summed E-state index contributed by atoms with van der Waals surface area (Å²) in [5, 5.41) is 8.63. The number of amides is 2. The van der Waals surface area contributed by atoms with Crippen LogP contribution in [0.4, 0.5) is 10.1 Å². The summed E-state index contributed by atoms with van der Waals surface area (Å²) in [6.45, 7) is 2.25. The number of benzene rings is 3. The third-order valence-corrected chi connectivity index (χ3v) is 7.42. The second kappa shape index (κ2) is 12.5. The van der Waals surface area contributed by atoms with Gasteiger partial charge in [-0.3, -0.25) is 14.3 Å². The molecule has 38 heavy (non-hydrogen) atoms. The number of ether oxygens (including phenoxy) is 1. The van der Waals surface area contributed by atoms with Gasteiger partial charge in [-0.1, -0.05) is 18.2 Å². The van der Waals surface area contributed by atoms with Crippen LogP contribution in [0.25, 0.3) is 0 Å². The lowest BCUT2D eigenvalue weighted by Crippen LogP contribution is -2.40. The molecule has 1 aliphatic heterocycles. The molecule has 1 saturated heterocycles. The molecule has 0 aromatic heterocycles. The van der Waals surface area contributed by atoms with E-state index in [0.29, 0.717) is 18.2 Å². The second-order valence-corrected chi connectivity index (χ2v) is 10.5. The third-order valence-electron chi connectivity index (χ3n) is 6.04. The molecule has 0 atom stereocenters. The minimum Gasteiger partial charge on any atom is -0.455 e. The second-order valence-electron chi connectivity index (χ2n) is 8.87. The van der Waals surface area contributed by atoms with E-state index in [0.717, 1.165) is 38.1 Å². The lowest BCUT2D eigenvalue weighted by atomic mass is 9.98. The van der Waals surface area contributed by atoms with Gasteiger partial charge in [-0.25, -0.2) is 12.8 Å². The van der Waals surface area contributed by atoms with Crippen LogP contribution in [-0.4, -0.2) is 46.4 Å². The number of hydrogen-bond acceptors (Lipinski definition) is 6. The molecule has 3 aromatic carbocycles. The first-order valence-corrected chi connectivity index (χ1v) is 13.7. The van der Waals surface area contributed by atoms with E-state index in [1.54, 1.807) is 30.3 Å². The predicted molar refractivity (Wildman–Crippen MR) is 141 cm³/mol. The van der Waals surface area contributed by atoms with Crippen LogP contribution in [0, 0.1) is 11.7 Å². The van der Waals surface area contributed by atoms with Gasteiger partial charge in [0.25, 0.3) is 15.9 Å². The summed E-state index contributed by atoms with van der Waals surface area (Å²) in [4.78, 5) is 24.4. The maximum absolute atomic E-state index is 13.9. The summed E-state index contributed by atoms with van der Waals surface area (Å²) in [5.74, 6) is -0.445. The van der Waals surface area contributed by atoms with Crippen LogP contribution >= 0.6 is 0 Å². The number of rotatable bonds is 10. The molecule has 11 heteroatoms. The van der Waals surface area contributed by atoms with E-state index in [9.17, 15) is 22.4 Å². The minimum absolute atomic E-state index is 0.0776. The highest BCUT2D eigenvalue weighted by Crippen LogP contribution is 2.32. The molecule has 4 N–H and O–H groups in total. The van der Waals surface area contributed by atoms with Gasteiger partial charge >= 0.3 is 0 Å². The van der Waals surface area contributed by atoms with E-state index in [-0.39, 0.29) is 34.3 Å². The molecule has 1 fully saturated rings. The maximum atomic E-state index is 13.9. The molecule has 0 unspecified atom stereocenters. The Balaban J connectivity index is 1.35. The highest BCUT2D eigenvalue weighted by atomic mass is 32.2. The molecule has 9 nitrogen and oxygen atoms in total. The van der Waals surface area contributed by atoms with Crippen molar-refractivity contribution in [3.63, 3.8) is 0 Å². The molecule has 200 valence electrons. The van der Waals surface area contributed by atoms with Gasteiger partial charge in [0, 0.05) is 18.2 Å². The van der Waals surface area contributed by atoms with Crippen molar-refractivity contribution in [1.82, 2.24) is 16.0 Å². The molecule has 0 saturated carbocycles. The normalized spacial score (nSPS) is 13.9. The summed E-state index contributed by atoms with van der Waals surface area (Å²) in [6.07, 6.45) is 1.99. The SMILES string of the molecule is O=C(CNC(=O)c1ccc(S(=O)(=O)Nc2cc(F)ccc2Oc2ccccc2)cc1)NCC1CCNCC1. The number of carbonyl (C=O) groups excluding carboxylic acids is 2. The fraction of sp³-hybridized carbons (Fsp3) is 0.259. The first-order valence-electron chi connectivity index (χ1n) is 12.2. The van der Waals surface area contributed by atoms with Crippen LogP contribution < -0.4 is 25.4 Å². The number of carbonyl (C=O) groups is 2. The van der Waals surface area contributed by atoms with Gasteiger partial charge < -0.3 is 20.7 Å². The first-order chi connectivity index (χ1) is 18.3. The number of halogens is 1. The van der Waals surface area contributed by atoms with E-state index >= 15 is 0 Å². The zero-order valence-corrected chi connectivity index (χ0v) is 21.4. The van der Waals surface area contributed by atoms with Gasteiger partial charge in [0.2, 0.25) is 5.91 Å². The number of piperidine rings is 1. The Hall–Kier alpha value is -3.96. The van der Waals surface area contributed by atoms with Crippen LogP contribution in [0.2, 0.25) is 0 Å². The smallest absolute Gasteiger partial charge is 0.262 e. The Morgan fingerprint density at radius 1 is 0.947 bits per heavy atom. The molecule has 3 aromatic rings. The molecule has 0 spiro atoms. The molecular weight excluding hydrogens is 511 g/mol. The standard InChI is InChI=1S/C27H29FN4O5S/c28-21-8-11-25(37-22-4-2-1-3-5-22)24(16-21)32-38(35,36)23-9-6-20(7-10-23)27(34)31-18-26(33)30-17-19-12-14-29-15-13-19/h1-11,16,19,29,32H,12-15,17-18H2,(H,30,33)(H,31,34). The van der Waals surface area contributed by atoms with Crippen LogP contribution in [-0.2, 0) is 14.8 Å². The number of anilines is 1. The number of para-hydroxylation sites is 1. The lowest BCUT2D eigenvalue weighted by Gasteiger charge is -2.22. The van der Waals surface area contributed by atoms with Crippen molar-refractivity contribution in [2.45, 2.75) is 17.7 Å². The van der Waals surface area contributed by atoms with Crippen molar-refractivity contribution in [2.75, 3.05) is 30.9 Å². The topological polar surface area (TPSA) is 126 Å². The molecule has 4 rings (SSSR count). The fourth-order valence-electron chi connectivity index (χ4n) is 3.94. The summed E-state index contributed by atoms with van der Waals surface area (Å²) in [5.41, 5.74) is 0.111. The lowest BCUT2D eigenvalue weighted by molar-refractivity contribution is -0.120. The van der Waals surface area contributed by atoms with Crippen LogP contribution in [0.5, 0.6) is 11.5 Å². The summed E-state index contributed by atoms with van der Waals surface area (Å²) < 4.78 is 47.9. The zero-order valence-electron chi connectivity index (χ0n) is 20.6. The molecule has 0 radical (unpaired) electrons. The van der Waals surface area contributed by atoms with Gasteiger partial charge in [-0.05, 0) is 80.4 Å². The Morgan fingerprint density at radius 2 is 1.66 bits per heavy atom. The molecule has 2 amide bonds. The minimum atomic E-state index is -4.13. The van der Waals surface area contributed by atoms with Crippen molar-refractivity contribution < 1.29 is 27.1 Å². The van der Waals surface area contributed by atoms with Crippen molar-refractivity contribution in [1.29, 1.82) is 0 Å². The predicted octanol–water partition coefficient (Wildman–Crippen LogP) is 3.26. The van der Waals surface area contributed by atoms with Crippen molar-refractivity contribution in [3.05, 3.63) is 84.2 Å². The zero-order chi connectivity index (χ0) is 27.0. The van der Waals surface area contributed by atoms with E-state index in [2.05, 4.69) is 20.7 Å². The van der Waals surface area contributed by atoms with Gasteiger partial charge in [-0.15, -0.1) is 0 Å². The van der Waals surface area contributed by atoms with Crippen molar-refractivity contribution in [3.8, 4) is 11.5 Å². The Kier molecular flexibility index (Phi) is 8.93. The third kappa shape index (κ3) is 7.53. The van der Waals surface area contributed by atoms with Crippen molar-refractivity contribution >= 4 is 27.5 Å². The summed E-state index contributed by atoms with van der Waals surface area (Å²) in [6, 6.07) is 17.4. The molecule has 0 aliphatic carbocycles. The maximum Gasteiger partial charge on any atom is 0.262 e. The summed E-state index contributed by atoms with van der Waals surface area (Å²) in [7, 11) is -4.13. The van der Waals surface area contributed by atoms with Crippen LogP contribution in [0.15, 0.2) is 77.7 Å². The monoisotopic (exact) mass is 540 g/mol. The van der Waals surface area contributed by atoms with E-state index in [1.807, 2.05) is 0 Å². The number of nitrogens with one attached hydrogen (secondary N) is 4. The fourth-order valence-corrected chi connectivity index (χ4v) is 5.01. The highest BCUT2D eigenvalue weighted by Gasteiger charge is 2.19. The quantitative estimate of drug-likeness (QED) is 0.313. The van der Waals surface area contributed by atoms with Crippen LogP contribution in [0.1, 0.15) is 23.2 Å². The van der Waals surface area contributed by atoms with E-state index in [4.69, 9.17) is 4.74 Å². The van der Waals surface area contributed by atoms with Gasteiger partial charge in [0.1, 0.15) is 11.6 Å². The van der Waals surface area contributed by atoms with Gasteiger partial charge in [0.05, 0.1) is 17.1 Å². The van der Waals surface area contributed by atoms with E-state index in [1.165, 1.54) is 30.3 Å². The first kappa shape index (κ1) is 27.1. The Bertz CT molecular complexity index is 1360. The van der Waals surface area contributed by atoms with E-state index < -0.39 is 21.7 Å². The van der Waals surface area contributed by atoms with Gasteiger partial charge in [-0.2, -0.15) is 0 Å². The molecule has 1 aliphatic rings. The molecule has 0 bridgehead atoms. The Labute approximate surface area is 220 Å². The average Bonchev–Trinajstić information content (AvgIpc) is 2.93.